The first-order chi connectivity index (χ1) is 15.5. The monoisotopic (exact) mass is 474 g/mol. The lowest BCUT2D eigenvalue weighted by Crippen LogP contribution is -2.33. The van der Waals surface area contributed by atoms with Crippen LogP contribution in [0.4, 0.5) is 5.00 Å². The number of carbonyl (C=O) groups excluding carboxylic acids is 2. The third kappa shape index (κ3) is 4.66. The summed E-state index contributed by atoms with van der Waals surface area (Å²) in [4.78, 5) is 37.8. The SMILES string of the molecule is COC(=O)c1c(NC(=O)CCSc2c(=O)o[nH][n+]2C)sc2c1CCC(c1ccccc1)C2. The van der Waals surface area contributed by atoms with E-state index in [1.807, 2.05) is 18.2 Å². The first-order valence-electron chi connectivity index (χ1n) is 10.3. The summed E-state index contributed by atoms with van der Waals surface area (Å²) in [5, 5.41) is 6.27. The van der Waals surface area contributed by atoms with Gasteiger partial charge in [0.15, 0.2) is 7.05 Å². The molecule has 1 atom stereocenters. The van der Waals surface area contributed by atoms with E-state index in [2.05, 4.69) is 22.7 Å². The molecule has 0 spiro atoms. The number of thioether (sulfide) groups is 1. The van der Waals surface area contributed by atoms with Gasteiger partial charge in [-0.15, -0.1) is 11.3 Å². The maximum atomic E-state index is 12.6. The van der Waals surface area contributed by atoms with Crippen LogP contribution in [0, 0.1) is 0 Å². The summed E-state index contributed by atoms with van der Waals surface area (Å²) in [7, 11) is 3.02. The molecule has 1 aromatic carbocycles. The molecule has 2 aromatic heterocycles. The number of aryl methyl sites for hydroxylation is 1. The highest BCUT2D eigenvalue weighted by molar-refractivity contribution is 7.99. The molecular formula is C22H24N3O5S2+. The number of H-pyrrole nitrogens is 1. The van der Waals surface area contributed by atoms with E-state index in [1.54, 1.807) is 7.05 Å². The number of methoxy groups -OCH3 is 1. The van der Waals surface area contributed by atoms with Gasteiger partial charge in [0.1, 0.15) is 5.00 Å². The molecule has 0 bridgehead atoms. The highest BCUT2D eigenvalue weighted by Crippen LogP contribution is 2.42. The number of esters is 1. The molecule has 1 unspecified atom stereocenters. The number of thiophene rings is 1. The third-order valence-electron chi connectivity index (χ3n) is 5.50. The number of aromatic nitrogens is 2. The summed E-state index contributed by atoms with van der Waals surface area (Å²) >= 11 is 2.69. The molecule has 8 nitrogen and oxygen atoms in total. The van der Waals surface area contributed by atoms with Crippen molar-refractivity contribution in [3.05, 3.63) is 62.3 Å². The highest BCUT2D eigenvalue weighted by atomic mass is 32.2. The van der Waals surface area contributed by atoms with Crippen molar-refractivity contribution in [3.63, 3.8) is 0 Å². The van der Waals surface area contributed by atoms with Crippen LogP contribution < -0.4 is 15.6 Å². The molecule has 1 aliphatic carbocycles. The van der Waals surface area contributed by atoms with Gasteiger partial charge < -0.3 is 10.1 Å². The zero-order chi connectivity index (χ0) is 22.7. The number of nitrogens with zero attached hydrogens (tertiary/aromatic N) is 1. The molecule has 2 N–H and O–H groups in total. The van der Waals surface area contributed by atoms with Crippen LogP contribution in [0.5, 0.6) is 0 Å². The second kappa shape index (κ2) is 9.74. The number of hydrogen-bond acceptors (Lipinski definition) is 7. The van der Waals surface area contributed by atoms with Crippen LogP contribution in [-0.2, 0) is 29.4 Å². The Balaban J connectivity index is 1.47. The van der Waals surface area contributed by atoms with Crippen LogP contribution in [0.2, 0.25) is 0 Å². The molecule has 3 aromatic rings. The fraction of sp³-hybridized carbons (Fsp3) is 0.364. The molecule has 1 aliphatic rings. The quantitative estimate of drug-likeness (QED) is 0.310. The predicted molar refractivity (Wildman–Crippen MR) is 121 cm³/mol. The second-order valence-corrected chi connectivity index (χ2v) is 9.73. The number of rotatable bonds is 7. The van der Waals surface area contributed by atoms with Crippen LogP contribution in [0.3, 0.4) is 0 Å². The maximum Gasteiger partial charge on any atom is 0.441 e. The number of nitrogens with one attached hydrogen (secondary N) is 2. The van der Waals surface area contributed by atoms with E-state index in [0.717, 1.165) is 29.7 Å². The van der Waals surface area contributed by atoms with Crippen LogP contribution in [0.15, 0.2) is 44.7 Å². The lowest BCUT2D eigenvalue weighted by atomic mass is 9.83. The Labute approximate surface area is 192 Å². The second-order valence-electron chi connectivity index (χ2n) is 7.54. The Morgan fingerprint density at radius 1 is 1.34 bits per heavy atom. The van der Waals surface area contributed by atoms with Crippen molar-refractivity contribution in [2.45, 2.75) is 36.6 Å². The normalized spacial score (nSPS) is 15.2. The van der Waals surface area contributed by atoms with Crippen molar-refractivity contribution >= 4 is 40.0 Å². The van der Waals surface area contributed by atoms with E-state index >= 15 is 0 Å². The van der Waals surface area contributed by atoms with Gasteiger partial charge in [-0.2, -0.15) is 0 Å². The summed E-state index contributed by atoms with van der Waals surface area (Å²) < 4.78 is 11.2. The number of aromatic amines is 1. The average Bonchev–Trinajstić information content (AvgIpc) is 3.32. The Morgan fingerprint density at radius 2 is 2.12 bits per heavy atom. The molecule has 1 amide bonds. The van der Waals surface area contributed by atoms with Gasteiger partial charge in [-0.05, 0) is 53.3 Å². The van der Waals surface area contributed by atoms with Crippen LogP contribution in [0.1, 0.15) is 45.1 Å². The van der Waals surface area contributed by atoms with Gasteiger partial charge in [0.2, 0.25) is 5.91 Å². The molecule has 0 radical (unpaired) electrons. The Hall–Kier alpha value is -2.85. The van der Waals surface area contributed by atoms with Gasteiger partial charge in [-0.3, -0.25) is 9.32 Å². The van der Waals surface area contributed by atoms with Crippen LogP contribution >= 0.6 is 23.1 Å². The summed E-state index contributed by atoms with van der Waals surface area (Å²) in [5.74, 6) is 0.143. The van der Waals surface area contributed by atoms with E-state index in [9.17, 15) is 14.4 Å². The Bertz CT molecular complexity index is 1180. The third-order valence-corrected chi connectivity index (χ3v) is 7.79. The summed E-state index contributed by atoms with van der Waals surface area (Å²) in [6.07, 6.45) is 2.73. The number of hydrogen-bond donors (Lipinski definition) is 2. The van der Waals surface area contributed by atoms with Gasteiger partial charge in [0.25, 0.3) is 0 Å². The van der Waals surface area contributed by atoms with E-state index in [-0.39, 0.29) is 12.3 Å². The smallest absolute Gasteiger partial charge is 0.441 e. The largest absolute Gasteiger partial charge is 0.465 e. The van der Waals surface area contributed by atoms with Gasteiger partial charge in [0.05, 0.1) is 12.7 Å². The van der Waals surface area contributed by atoms with Crippen molar-refractivity contribution in [2.75, 3.05) is 18.2 Å². The van der Waals surface area contributed by atoms with Crippen molar-refractivity contribution in [2.24, 2.45) is 7.05 Å². The van der Waals surface area contributed by atoms with E-state index in [0.29, 0.717) is 27.3 Å². The van der Waals surface area contributed by atoms with Crippen LogP contribution in [0.25, 0.3) is 0 Å². The van der Waals surface area contributed by atoms with Crippen molar-refractivity contribution in [1.82, 2.24) is 5.27 Å². The van der Waals surface area contributed by atoms with Gasteiger partial charge in [-0.1, -0.05) is 35.0 Å². The molecular weight excluding hydrogens is 450 g/mol. The lowest BCUT2D eigenvalue weighted by Gasteiger charge is -2.22. The number of benzene rings is 1. The zero-order valence-corrected chi connectivity index (χ0v) is 19.4. The van der Waals surface area contributed by atoms with E-state index < -0.39 is 11.6 Å². The number of amides is 1. The topological polar surface area (TPSA) is 105 Å². The number of anilines is 1. The van der Waals surface area contributed by atoms with Crippen molar-refractivity contribution in [3.8, 4) is 0 Å². The minimum atomic E-state index is -0.468. The number of fused-ring (bicyclic) bond motifs is 1. The van der Waals surface area contributed by atoms with E-state index in [4.69, 9.17) is 9.26 Å². The zero-order valence-electron chi connectivity index (χ0n) is 17.8. The molecule has 10 heteroatoms. The number of ether oxygens (including phenoxy) is 1. The first kappa shape index (κ1) is 22.3. The molecule has 4 rings (SSSR count). The van der Waals surface area contributed by atoms with Crippen molar-refractivity contribution < 1.29 is 23.5 Å². The standard InChI is InChI=1S/C22H23N3O5S2/c1-25-20(22(28)30-24-25)31-11-10-17(26)23-19-18(21(27)29-2)15-9-8-14(12-16(15)32-19)13-6-4-3-5-7-13/h3-7,14H,8-12H2,1-2H3,(H-,23,24,26,27,28)/p+1. The molecule has 0 saturated carbocycles. The molecule has 0 aliphatic heterocycles. The predicted octanol–water partition coefficient (Wildman–Crippen LogP) is 3.03. The molecule has 32 heavy (non-hydrogen) atoms. The fourth-order valence-electron chi connectivity index (χ4n) is 3.92. The summed E-state index contributed by atoms with van der Waals surface area (Å²) in [6, 6.07) is 10.4. The Kier molecular flexibility index (Phi) is 6.80. The highest BCUT2D eigenvalue weighted by Gasteiger charge is 2.30. The minimum Gasteiger partial charge on any atom is -0.465 e. The molecule has 168 valence electrons. The fourth-order valence-corrected chi connectivity index (χ4v) is 6.12. The summed E-state index contributed by atoms with van der Waals surface area (Å²) in [6.45, 7) is 0. The van der Waals surface area contributed by atoms with Gasteiger partial charge in [0, 0.05) is 17.1 Å². The van der Waals surface area contributed by atoms with Gasteiger partial charge in [-0.25, -0.2) is 9.59 Å². The molecule has 0 saturated heterocycles. The van der Waals surface area contributed by atoms with E-state index in [1.165, 1.54) is 40.5 Å². The van der Waals surface area contributed by atoms with Crippen molar-refractivity contribution in [1.29, 1.82) is 0 Å². The maximum absolute atomic E-state index is 12.6. The van der Waals surface area contributed by atoms with Crippen LogP contribution in [-0.4, -0.2) is 30.0 Å². The first-order valence-corrected chi connectivity index (χ1v) is 12.1. The molecule has 2 heterocycles. The average molecular weight is 475 g/mol. The summed E-state index contributed by atoms with van der Waals surface area (Å²) in [5.41, 5.74) is 2.27. The number of carbonyl (C=O) groups is 2. The Morgan fingerprint density at radius 3 is 2.81 bits per heavy atom. The molecule has 0 fully saturated rings. The lowest BCUT2D eigenvalue weighted by molar-refractivity contribution is -0.772. The van der Waals surface area contributed by atoms with Gasteiger partial charge >= 0.3 is 16.6 Å². The minimum absolute atomic E-state index is 0.186.